The van der Waals surface area contributed by atoms with Crippen molar-refractivity contribution in [1.29, 1.82) is 0 Å². The molecule has 0 heterocycles. The lowest BCUT2D eigenvalue weighted by atomic mass is 9.94. The Kier molecular flexibility index (Phi) is 7.60. The number of carbonyl (C=O) groups excluding carboxylic acids is 2. The molecule has 0 aromatic carbocycles. The number of hydrogen-bond acceptors (Lipinski definition) is 4. The fraction of sp³-hybridized carbons (Fsp3) is 0.833. The molecule has 16 heavy (non-hydrogen) atoms. The zero-order chi connectivity index (χ0) is 12.6. The van der Waals surface area contributed by atoms with Crippen molar-refractivity contribution in [3.8, 4) is 0 Å². The highest BCUT2D eigenvalue weighted by molar-refractivity contribution is 5.79. The molecule has 0 amide bonds. The first-order valence-corrected chi connectivity index (χ1v) is 5.83. The number of carbonyl (C=O) groups is 2. The molecule has 0 saturated heterocycles. The Labute approximate surface area is 97.3 Å². The van der Waals surface area contributed by atoms with Gasteiger partial charge < -0.3 is 9.47 Å². The lowest BCUT2D eigenvalue weighted by Gasteiger charge is -2.16. The van der Waals surface area contributed by atoms with Crippen LogP contribution in [0.4, 0.5) is 0 Å². The Morgan fingerprint density at radius 1 is 1.06 bits per heavy atom. The zero-order valence-electron chi connectivity index (χ0n) is 10.6. The van der Waals surface area contributed by atoms with Gasteiger partial charge in [-0.2, -0.15) is 0 Å². The molecule has 4 nitrogen and oxygen atoms in total. The van der Waals surface area contributed by atoms with Crippen LogP contribution in [0.25, 0.3) is 0 Å². The highest BCUT2D eigenvalue weighted by Gasteiger charge is 2.24. The zero-order valence-corrected chi connectivity index (χ0v) is 10.6. The van der Waals surface area contributed by atoms with Crippen LogP contribution in [-0.4, -0.2) is 25.2 Å². The van der Waals surface area contributed by atoms with E-state index >= 15 is 0 Å². The monoisotopic (exact) mass is 230 g/mol. The van der Waals surface area contributed by atoms with Gasteiger partial charge in [0.1, 0.15) is 0 Å². The minimum atomic E-state index is -0.376. The normalized spacial score (nSPS) is 12.3. The Hall–Kier alpha value is -1.06. The van der Waals surface area contributed by atoms with Crippen molar-refractivity contribution in [2.45, 2.75) is 40.5 Å². The fourth-order valence-corrected chi connectivity index (χ4v) is 1.51. The number of esters is 2. The third kappa shape index (κ3) is 6.43. The van der Waals surface area contributed by atoms with Crippen LogP contribution < -0.4 is 0 Å². The van der Waals surface area contributed by atoms with E-state index in [0.717, 1.165) is 0 Å². The number of ether oxygens (including phenoxy) is 2. The van der Waals surface area contributed by atoms with Crippen molar-refractivity contribution >= 4 is 11.9 Å². The van der Waals surface area contributed by atoms with E-state index in [2.05, 4.69) is 0 Å². The molecule has 0 radical (unpaired) electrons. The molecular formula is C12H22O4. The second-order valence-electron chi connectivity index (χ2n) is 4.09. The van der Waals surface area contributed by atoms with Gasteiger partial charge in [0.05, 0.1) is 25.6 Å². The van der Waals surface area contributed by atoms with Gasteiger partial charge in [0.2, 0.25) is 0 Å². The van der Waals surface area contributed by atoms with Gasteiger partial charge in [0.15, 0.2) is 0 Å². The summed E-state index contributed by atoms with van der Waals surface area (Å²) in [4.78, 5) is 22.9. The molecule has 0 bridgehead atoms. The van der Waals surface area contributed by atoms with Gasteiger partial charge in [-0.15, -0.1) is 0 Å². The SMILES string of the molecule is CCOC(=O)CC(CC(C)C)C(=O)OCC. The van der Waals surface area contributed by atoms with Crippen molar-refractivity contribution in [3.05, 3.63) is 0 Å². The second-order valence-corrected chi connectivity index (χ2v) is 4.09. The largest absolute Gasteiger partial charge is 0.466 e. The first-order valence-electron chi connectivity index (χ1n) is 5.83. The van der Waals surface area contributed by atoms with Crippen LogP contribution in [0.5, 0.6) is 0 Å². The van der Waals surface area contributed by atoms with Crippen molar-refractivity contribution in [3.63, 3.8) is 0 Å². The maximum atomic E-state index is 11.6. The predicted molar refractivity (Wildman–Crippen MR) is 60.8 cm³/mol. The molecule has 0 N–H and O–H groups in total. The van der Waals surface area contributed by atoms with E-state index in [9.17, 15) is 9.59 Å². The Bertz CT molecular complexity index is 223. The van der Waals surface area contributed by atoms with Crippen LogP contribution in [-0.2, 0) is 19.1 Å². The fourth-order valence-electron chi connectivity index (χ4n) is 1.51. The third-order valence-corrected chi connectivity index (χ3v) is 2.09. The van der Waals surface area contributed by atoms with E-state index in [1.807, 2.05) is 13.8 Å². The minimum Gasteiger partial charge on any atom is -0.466 e. The van der Waals surface area contributed by atoms with Crippen LogP contribution in [0.15, 0.2) is 0 Å². The minimum absolute atomic E-state index is 0.116. The van der Waals surface area contributed by atoms with Crippen LogP contribution in [0, 0.1) is 11.8 Å². The van der Waals surface area contributed by atoms with Crippen LogP contribution in [0.2, 0.25) is 0 Å². The molecule has 1 unspecified atom stereocenters. The molecule has 0 aliphatic carbocycles. The maximum absolute atomic E-state index is 11.6. The Balaban J connectivity index is 4.30. The van der Waals surface area contributed by atoms with Crippen molar-refractivity contribution in [2.75, 3.05) is 13.2 Å². The average molecular weight is 230 g/mol. The molecular weight excluding hydrogens is 208 g/mol. The lowest BCUT2D eigenvalue weighted by Crippen LogP contribution is -2.23. The predicted octanol–water partition coefficient (Wildman–Crippen LogP) is 2.17. The van der Waals surface area contributed by atoms with Gasteiger partial charge in [-0.25, -0.2) is 0 Å². The van der Waals surface area contributed by atoms with Gasteiger partial charge in [-0.3, -0.25) is 9.59 Å². The van der Waals surface area contributed by atoms with E-state index in [1.165, 1.54) is 0 Å². The van der Waals surface area contributed by atoms with Gasteiger partial charge in [0, 0.05) is 0 Å². The molecule has 0 rings (SSSR count). The molecule has 0 saturated carbocycles. The van der Waals surface area contributed by atoms with E-state index in [0.29, 0.717) is 25.6 Å². The van der Waals surface area contributed by atoms with E-state index < -0.39 is 0 Å². The summed E-state index contributed by atoms with van der Waals surface area (Å²) in [6, 6.07) is 0. The summed E-state index contributed by atoms with van der Waals surface area (Å²) in [5, 5.41) is 0. The van der Waals surface area contributed by atoms with E-state index in [4.69, 9.17) is 9.47 Å². The third-order valence-electron chi connectivity index (χ3n) is 2.09. The highest BCUT2D eigenvalue weighted by atomic mass is 16.5. The molecule has 4 heteroatoms. The number of hydrogen-bond donors (Lipinski definition) is 0. The summed E-state index contributed by atoms with van der Waals surface area (Å²) in [5.41, 5.74) is 0. The van der Waals surface area contributed by atoms with Gasteiger partial charge in [-0.1, -0.05) is 13.8 Å². The van der Waals surface area contributed by atoms with Crippen molar-refractivity contribution in [2.24, 2.45) is 11.8 Å². The first kappa shape index (κ1) is 14.9. The first-order chi connectivity index (χ1) is 7.51. The maximum Gasteiger partial charge on any atom is 0.309 e. The molecule has 1 atom stereocenters. The van der Waals surface area contributed by atoms with Crippen LogP contribution >= 0.6 is 0 Å². The summed E-state index contributed by atoms with van der Waals surface area (Å²) in [6.45, 7) is 8.22. The van der Waals surface area contributed by atoms with E-state index in [-0.39, 0.29) is 24.3 Å². The standard InChI is InChI=1S/C12H22O4/c1-5-15-11(13)8-10(7-9(3)4)12(14)16-6-2/h9-10H,5-8H2,1-4H3. The topological polar surface area (TPSA) is 52.6 Å². The molecule has 0 aromatic rings. The average Bonchev–Trinajstić information content (AvgIpc) is 2.16. The summed E-state index contributed by atoms with van der Waals surface area (Å²) in [6.07, 6.45) is 0.766. The van der Waals surface area contributed by atoms with Crippen LogP contribution in [0.1, 0.15) is 40.5 Å². The molecule has 0 aliphatic heterocycles. The molecule has 94 valence electrons. The molecule has 0 aliphatic rings. The summed E-state index contributed by atoms with van der Waals surface area (Å²) < 4.78 is 9.77. The number of rotatable bonds is 7. The van der Waals surface area contributed by atoms with Gasteiger partial charge >= 0.3 is 11.9 Å². The molecule has 0 fully saturated rings. The summed E-state index contributed by atoms with van der Waals surface area (Å²) in [7, 11) is 0. The Morgan fingerprint density at radius 2 is 1.62 bits per heavy atom. The van der Waals surface area contributed by atoms with Crippen molar-refractivity contribution < 1.29 is 19.1 Å². The van der Waals surface area contributed by atoms with Gasteiger partial charge in [-0.05, 0) is 26.2 Å². The van der Waals surface area contributed by atoms with Crippen molar-refractivity contribution in [1.82, 2.24) is 0 Å². The van der Waals surface area contributed by atoms with E-state index in [1.54, 1.807) is 13.8 Å². The quantitative estimate of drug-likeness (QED) is 0.629. The Morgan fingerprint density at radius 3 is 2.06 bits per heavy atom. The second kappa shape index (κ2) is 8.13. The highest BCUT2D eigenvalue weighted by Crippen LogP contribution is 2.17. The van der Waals surface area contributed by atoms with Gasteiger partial charge in [0.25, 0.3) is 0 Å². The summed E-state index contributed by atoms with van der Waals surface area (Å²) in [5.74, 6) is -0.659. The smallest absolute Gasteiger partial charge is 0.309 e. The van der Waals surface area contributed by atoms with Crippen LogP contribution in [0.3, 0.4) is 0 Å². The molecule has 0 spiro atoms. The lowest BCUT2D eigenvalue weighted by molar-refractivity contribution is -0.155. The summed E-state index contributed by atoms with van der Waals surface area (Å²) >= 11 is 0. The molecule has 0 aromatic heterocycles.